The second-order valence-electron chi connectivity index (χ2n) is 7.05. The summed E-state index contributed by atoms with van der Waals surface area (Å²) in [7, 11) is 3.63. The lowest BCUT2D eigenvalue weighted by atomic mass is 9.99. The fourth-order valence-electron chi connectivity index (χ4n) is 2.57. The van der Waals surface area contributed by atoms with Crippen LogP contribution in [0, 0.1) is 0 Å². The summed E-state index contributed by atoms with van der Waals surface area (Å²) in [5.74, 6) is 0.738. The number of aliphatic imine (C=N–C) groups is 1. The van der Waals surface area contributed by atoms with Crippen LogP contribution in [0.4, 0.5) is 0 Å². The monoisotopic (exact) mass is 472 g/mol. The minimum atomic E-state index is -0.222. The molecule has 1 aliphatic heterocycles. The topological polar surface area (TPSA) is 66.0 Å². The number of halogens is 1. The van der Waals surface area contributed by atoms with Gasteiger partial charge in [0.2, 0.25) is 5.91 Å². The summed E-state index contributed by atoms with van der Waals surface area (Å²) in [6.07, 6.45) is 4.22. The average Bonchev–Trinajstić information content (AvgIpc) is 2.46. The van der Waals surface area contributed by atoms with Gasteiger partial charge in [0.15, 0.2) is 5.96 Å². The Bertz CT molecular complexity index is 421. The van der Waals surface area contributed by atoms with Crippen molar-refractivity contribution in [3.05, 3.63) is 0 Å². The summed E-state index contributed by atoms with van der Waals surface area (Å²) in [6, 6.07) is 0. The molecular weight excluding hydrogens is 439 g/mol. The Morgan fingerprint density at radius 2 is 1.92 bits per heavy atom. The molecular formula is C16H33IN4O2S. The Labute approximate surface area is 168 Å². The summed E-state index contributed by atoms with van der Waals surface area (Å²) in [5, 5.41) is 6.39. The highest BCUT2D eigenvalue weighted by Gasteiger charge is 2.32. The van der Waals surface area contributed by atoms with Crippen LogP contribution in [-0.2, 0) is 9.53 Å². The molecule has 8 heteroatoms. The molecule has 0 aromatic rings. The molecule has 1 aliphatic rings. The highest BCUT2D eigenvalue weighted by Crippen LogP contribution is 2.32. The van der Waals surface area contributed by atoms with E-state index in [0.717, 1.165) is 38.6 Å². The van der Waals surface area contributed by atoms with Crippen LogP contribution in [0.1, 0.15) is 33.6 Å². The summed E-state index contributed by atoms with van der Waals surface area (Å²) < 4.78 is 5.65. The smallest absolute Gasteiger partial charge is 0.240 e. The van der Waals surface area contributed by atoms with Crippen LogP contribution < -0.4 is 10.6 Å². The van der Waals surface area contributed by atoms with Gasteiger partial charge in [0.05, 0.1) is 6.54 Å². The molecule has 6 nitrogen and oxygen atoms in total. The van der Waals surface area contributed by atoms with Crippen molar-refractivity contribution < 1.29 is 9.53 Å². The van der Waals surface area contributed by atoms with Crippen molar-refractivity contribution >= 4 is 47.6 Å². The molecule has 0 radical (unpaired) electrons. The molecule has 1 heterocycles. The van der Waals surface area contributed by atoms with Crippen molar-refractivity contribution in [3.63, 3.8) is 0 Å². The first-order valence-electron chi connectivity index (χ1n) is 8.07. The van der Waals surface area contributed by atoms with Crippen LogP contribution in [0.3, 0.4) is 0 Å². The zero-order chi connectivity index (χ0) is 17.5. The standard InChI is InChI=1S/C16H32N4O2S.HI/c1-15(2,3)19-13(21)11-20(5)14(17-4)18-12-16(23-6)7-9-22-10-8-16;/h7-12H2,1-6H3,(H,17,18)(H,19,21);1H. The van der Waals surface area contributed by atoms with Gasteiger partial charge in [0.25, 0.3) is 0 Å². The van der Waals surface area contributed by atoms with E-state index in [1.54, 1.807) is 7.05 Å². The fourth-order valence-corrected chi connectivity index (χ4v) is 3.36. The summed E-state index contributed by atoms with van der Waals surface area (Å²) in [6.45, 7) is 8.67. The normalized spacial score (nSPS) is 17.7. The lowest BCUT2D eigenvalue weighted by Gasteiger charge is -2.37. The SMILES string of the molecule is CN=C(NCC1(SC)CCOCC1)N(C)CC(=O)NC(C)(C)C.I. The number of likely N-dealkylation sites (N-methyl/N-ethyl adjacent to an activating group) is 1. The molecule has 2 N–H and O–H groups in total. The van der Waals surface area contributed by atoms with Gasteiger partial charge < -0.3 is 20.3 Å². The molecule has 0 spiro atoms. The lowest BCUT2D eigenvalue weighted by Crippen LogP contribution is -2.51. The molecule has 1 amide bonds. The number of rotatable bonds is 5. The molecule has 142 valence electrons. The maximum Gasteiger partial charge on any atom is 0.240 e. The van der Waals surface area contributed by atoms with Gasteiger partial charge in [-0.3, -0.25) is 9.79 Å². The van der Waals surface area contributed by atoms with Crippen molar-refractivity contribution in [2.45, 2.75) is 43.9 Å². The van der Waals surface area contributed by atoms with Gasteiger partial charge in [-0.2, -0.15) is 11.8 Å². The van der Waals surface area contributed by atoms with Crippen LogP contribution in [0.15, 0.2) is 4.99 Å². The summed E-state index contributed by atoms with van der Waals surface area (Å²) in [4.78, 5) is 18.2. The van der Waals surface area contributed by atoms with E-state index in [4.69, 9.17) is 4.74 Å². The van der Waals surface area contributed by atoms with E-state index < -0.39 is 0 Å². The van der Waals surface area contributed by atoms with Crippen molar-refractivity contribution in [2.75, 3.05) is 46.7 Å². The van der Waals surface area contributed by atoms with E-state index in [9.17, 15) is 4.79 Å². The second-order valence-corrected chi connectivity index (χ2v) is 8.33. The highest BCUT2D eigenvalue weighted by atomic mass is 127. The van der Waals surface area contributed by atoms with Crippen molar-refractivity contribution in [1.82, 2.24) is 15.5 Å². The number of amides is 1. The van der Waals surface area contributed by atoms with Gasteiger partial charge in [-0.1, -0.05) is 0 Å². The predicted molar refractivity (Wildman–Crippen MR) is 114 cm³/mol. The van der Waals surface area contributed by atoms with Crippen molar-refractivity contribution in [2.24, 2.45) is 4.99 Å². The highest BCUT2D eigenvalue weighted by molar-refractivity contribution is 14.0. The molecule has 0 bridgehead atoms. The Balaban J connectivity index is 0.00000529. The molecule has 0 saturated carbocycles. The number of nitrogens with zero attached hydrogens (tertiary/aromatic N) is 2. The fraction of sp³-hybridized carbons (Fsp3) is 0.875. The van der Waals surface area contributed by atoms with Gasteiger partial charge in [0.1, 0.15) is 0 Å². The predicted octanol–water partition coefficient (Wildman–Crippen LogP) is 1.94. The maximum absolute atomic E-state index is 12.1. The Kier molecular flexibility index (Phi) is 10.6. The van der Waals surface area contributed by atoms with E-state index in [2.05, 4.69) is 21.9 Å². The first-order valence-corrected chi connectivity index (χ1v) is 9.29. The maximum atomic E-state index is 12.1. The lowest BCUT2D eigenvalue weighted by molar-refractivity contribution is -0.122. The number of hydrogen-bond acceptors (Lipinski definition) is 4. The minimum absolute atomic E-state index is 0. The number of hydrogen-bond donors (Lipinski definition) is 2. The first kappa shape index (κ1) is 23.8. The van der Waals surface area contributed by atoms with E-state index in [0.29, 0.717) is 0 Å². The van der Waals surface area contributed by atoms with Crippen molar-refractivity contribution in [3.8, 4) is 0 Å². The van der Waals surface area contributed by atoms with Crippen LogP contribution in [0.25, 0.3) is 0 Å². The number of carbonyl (C=O) groups excluding carboxylic acids is 1. The molecule has 0 aliphatic carbocycles. The molecule has 0 aromatic heterocycles. The van der Waals surface area contributed by atoms with Gasteiger partial charge in [0, 0.05) is 44.1 Å². The van der Waals surface area contributed by atoms with Crippen LogP contribution in [-0.4, -0.2) is 73.7 Å². The zero-order valence-corrected chi connectivity index (χ0v) is 18.9. The molecule has 0 aromatic carbocycles. The number of ether oxygens (including phenoxy) is 1. The third-order valence-corrected chi connectivity index (χ3v) is 5.29. The average molecular weight is 472 g/mol. The largest absolute Gasteiger partial charge is 0.381 e. The quantitative estimate of drug-likeness (QED) is 0.364. The Morgan fingerprint density at radius 1 is 1.33 bits per heavy atom. The van der Waals surface area contributed by atoms with E-state index >= 15 is 0 Å². The van der Waals surface area contributed by atoms with E-state index in [1.807, 2.05) is 44.5 Å². The summed E-state index contributed by atoms with van der Waals surface area (Å²) in [5.41, 5.74) is -0.222. The Hall–Kier alpha value is -0.220. The van der Waals surface area contributed by atoms with Gasteiger partial charge in [-0.25, -0.2) is 0 Å². The van der Waals surface area contributed by atoms with E-state index in [-0.39, 0.29) is 46.7 Å². The number of nitrogens with one attached hydrogen (secondary N) is 2. The van der Waals surface area contributed by atoms with E-state index in [1.165, 1.54) is 0 Å². The molecule has 24 heavy (non-hydrogen) atoms. The minimum Gasteiger partial charge on any atom is -0.381 e. The van der Waals surface area contributed by atoms with Crippen LogP contribution in [0.5, 0.6) is 0 Å². The molecule has 0 unspecified atom stereocenters. The number of thioether (sulfide) groups is 1. The third-order valence-electron chi connectivity index (χ3n) is 3.87. The third kappa shape index (κ3) is 8.24. The number of carbonyl (C=O) groups is 1. The second kappa shape index (κ2) is 10.7. The summed E-state index contributed by atoms with van der Waals surface area (Å²) >= 11 is 1.88. The van der Waals surface area contributed by atoms with Gasteiger partial charge in [-0.05, 0) is 39.9 Å². The van der Waals surface area contributed by atoms with Gasteiger partial charge >= 0.3 is 0 Å². The zero-order valence-electron chi connectivity index (χ0n) is 15.8. The van der Waals surface area contributed by atoms with Crippen molar-refractivity contribution in [1.29, 1.82) is 0 Å². The first-order chi connectivity index (χ1) is 10.7. The molecule has 1 rings (SSSR count). The van der Waals surface area contributed by atoms with Gasteiger partial charge in [-0.15, -0.1) is 24.0 Å². The molecule has 1 saturated heterocycles. The molecule has 0 atom stereocenters. The number of guanidine groups is 1. The van der Waals surface area contributed by atoms with Crippen LogP contribution in [0.2, 0.25) is 0 Å². The molecule has 1 fully saturated rings. The Morgan fingerprint density at radius 3 is 2.38 bits per heavy atom. The van der Waals surface area contributed by atoms with Crippen LogP contribution >= 0.6 is 35.7 Å².